The van der Waals surface area contributed by atoms with Crippen LogP contribution in [0, 0.1) is 0 Å². The Kier molecular flexibility index (Phi) is 6.34. The van der Waals surface area contributed by atoms with Gasteiger partial charge in [-0.15, -0.1) is 0 Å². The zero-order valence-electron chi connectivity index (χ0n) is 16.9. The van der Waals surface area contributed by atoms with Gasteiger partial charge in [0, 0.05) is 21.6 Å². The minimum atomic E-state index is -2.32. The zero-order chi connectivity index (χ0) is 20.9. The van der Waals surface area contributed by atoms with Crippen LogP contribution in [0.15, 0.2) is 87.5 Å². The highest BCUT2D eigenvalue weighted by Crippen LogP contribution is 2.69. The van der Waals surface area contributed by atoms with Gasteiger partial charge in [0.15, 0.2) is 0 Å². The summed E-state index contributed by atoms with van der Waals surface area (Å²) < 4.78 is 22.0. The van der Waals surface area contributed by atoms with Crippen LogP contribution in [0.2, 0.25) is 0 Å². The molecule has 0 aliphatic rings. The second-order valence-corrected chi connectivity index (χ2v) is 8.85. The molecular formula is C23H24O5S. The molecule has 0 aromatic heterocycles. The molecule has 0 fully saturated rings. The van der Waals surface area contributed by atoms with Crippen molar-refractivity contribution in [3.63, 3.8) is 0 Å². The van der Waals surface area contributed by atoms with E-state index in [1.807, 2.05) is 72.8 Å². The van der Waals surface area contributed by atoms with Crippen LogP contribution < -0.4 is 14.2 Å². The highest BCUT2D eigenvalue weighted by Gasteiger charge is 2.35. The van der Waals surface area contributed by atoms with Crippen LogP contribution in [0.4, 0.5) is 0 Å². The lowest BCUT2D eigenvalue weighted by molar-refractivity contribution is -0.131. The summed E-state index contributed by atoms with van der Waals surface area (Å²) in [4.78, 5) is 14.9. The van der Waals surface area contributed by atoms with Crippen molar-refractivity contribution in [2.45, 2.75) is 21.6 Å². The van der Waals surface area contributed by atoms with Crippen molar-refractivity contribution in [2.24, 2.45) is 0 Å². The van der Waals surface area contributed by atoms with Crippen molar-refractivity contribution in [1.82, 2.24) is 0 Å². The Labute approximate surface area is 172 Å². The summed E-state index contributed by atoms with van der Waals surface area (Å²) in [7, 11) is 2.53. The van der Waals surface area contributed by atoms with E-state index in [0.717, 1.165) is 31.9 Å². The molecule has 0 atom stereocenters. The van der Waals surface area contributed by atoms with Crippen molar-refractivity contribution in [3.05, 3.63) is 72.8 Å². The molecular weight excluding hydrogens is 388 g/mol. The van der Waals surface area contributed by atoms with E-state index in [4.69, 9.17) is 18.4 Å². The van der Waals surface area contributed by atoms with Crippen LogP contribution >= 0.6 is 10.3 Å². The van der Waals surface area contributed by atoms with Crippen LogP contribution in [0.25, 0.3) is 0 Å². The van der Waals surface area contributed by atoms with Gasteiger partial charge in [-0.25, -0.2) is 0 Å². The first kappa shape index (κ1) is 20.6. The van der Waals surface area contributed by atoms with E-state index < -0.39 is 10.3 Å². The average molecular weight is 413 g/mol. The maximum absolute atomic E-state index is 12.3. The van der Waals surface area contributed by atoms with Gasteiger partial charge in [0.25, 0.3) is 0 Å². The molecule has 0 unspecified atom stereocenters. The highest BCUT2D eigenvalue weighted by molar-refractivity contribution is 8.30. The van der Waals surface area contributed by atoms with E-state index in [9.17, 15) is 4.79 Å². The molecule has 6 heteroatoms. The third-order valence-electron chi connectivity index (χ3n) is 4.42. The van der Waals surface area contributed by atoms with Gasteiger partial charge in [-0.3, -0.25) is 4.79 Å². The SMILES string of the molecule is COc1ccc(S(OC(C)=O)(c2ccc(OC)cc2)c2ccc(OC)cc2)cc1. The number of methoxy groups -OCH3 is 3. The fourth-order valence-corrected chi connectivity index (χ4v) is 6.05. The molecule has 29 heavy (non-hydrogen) atoms. The third kappa shape index (κ3) is 4.17. The van der Waals surface area contributed by atoms with Crippen molar-refractivity contribution in [3.8, 4) is 17.2 Å². The Morgan fingerprint density at radius 3 is 1.07 bits per heavy atom. The summed E-state index contributed by atoms with van der Waals surface area (Å²) in [6.07, 6.45) is 0. The number of rotatable bonds is 7. The van der Waals surface area contributed by atoms with E-state index in [2.05, 4.69) is 0 Å². The normalized spacial score (nSPS) is 11.4. The van der Waals surface area contributed by atoms with E-state index in [0.29, 0.717) is 0 Å². The average Bonchev–Trinajstić information content (AvgIpc) is 2.77. The van der Waals surface area contributed by atoms with E-state index in [1.54, 1.807) is 21.3 Å². The molecule has 0 heterocycles. The molecule has 0 aliphatic heterocycles. The Morgan fingerprint density at radius 2 is 0.862 bits per heavy atom. The summed E-state index contributed by atoms with van der Waals surface area (Å²) in [5.74, 6) is 1.83. The van der Waals surface area contributed by atoms with Crippen molar-refractivity contribution < 1.29 is 23.2 Å². The lowest BCUT2D eigenvalue weighted by atomic mass is 10.3. The van der Waals surface area contributed by atoms with Gasteiger partial charge in [-0.05, 0) is 83.1 Å². The van der Waals surface area contributed by atoms with Gasteiger partial charge < -0.3 is 18.4 Å². The van der Waals surface area contributed by atoms with Crippen molar-refractivity contribution >= 4 is 16.3 Å². The summed E-state index contributed by atoms with van der Waals surface area (Å²) in [6, 6.07) is 22.8. The van der Waals surface area contributed by atoms with E-state index in [1.165, 1.54) is 6.92 Å². The summed E-state index contributed by atoms with van der Waals surface area (Å²) in [6.45, 7) is 1.43. The van der Waals surface area contributed by atoms with Crippen LogP contribution in [0.3, 0.4) is 0 Å². The van der Waals surface area contributed by atoms with Gasteiger partial charge in [-0.1, -0.05) is 0 Å². The van der Waals surface area contributed by atoms with Crippen LogP contribution in [-0.2, 0) is 8.98 Å². The molecule has 152 valence electrons. The summed E-state index contributed by atoms with van der Waals surface area (Å²) in [5, 5.41) is 0. The van der Waals surface area contributed by atoms with Crippen LogP contribution in [0.1, 0.15) is 6.92 Å². The lowest BCUT2D eigenvalue weighted by Crippen LogP contribution is -2.11. The quantitative estimate of drug-likeness (QED) is 0.515. The smallest absolute Gasteiger partial charge is 0.313 e. The molecule has 5 nitrogen and oxygen atoms in total. The molecule has 3 rings (SSSR count). The van der Waals surface area contributed by atoms with Crippen LogP contribution in [0.5, 0.6) is 17.2 Å². The minimum absolute atomic E-state index is 0.359. The van der Waals surface area contributed by atoms with Gasteiger partial charge >= 0.3 is 5.97 Å². The second kappa shape index (κ2) is 8.92. The predicted molar refractivity (Wildman–Crippen MR) is 113 cm³/mol. The molecule has 3 aromatic carbocycles. The Bertz CT molecular complexity index is 834. The molecule has 0 N–H and O–H groups in total. The van der Waals surface area contributed by atoms with E-state index in [-0.39, 0.29) is 5.97 Å². The number of ether oxygens (including phenoxy) is 3. The zero-order valence-corrected chi connectivity index (χ0v) is 17.7. The molecule has 0 aliphatic carbocycles. The second-order valence-electron chi connectivity index (χ2n) is 6.16. The summed E-state index contributed by atoms with van der Waals surface area (Å²) >= 11 is 0. The maximum atomic E-state index is 12.3. The molecule has 0 saturated carbocycles. The predicted octanol–water partition coefficient (Wildman–Crippen LogP) is 5.47. The first-order chi connectivity index (χ1) is 14.0. The van der Waals surface area contributed by atoms with Crippen LogP contribution in [-0.4, -0.2) is 27.3 Å². The minimum Gasteiger partial charge on any atom is -0.497 e. The summed E-state index contributed by atoms with van der Waals surface area (Å²) in [5.41, 5.74) is 0. The van der Waals surface area contributed by atoms with Crippen molar-refractivity contribution in [1.29, 1.82) is 0 Å². The Morgan fingerprint density at radius 1 is 0.586 bits per heavy atom. The lowest BCUT2D eigenvalue weighted by Gasteiger charge is -2.39. The standard InChI is InChI=1S/C23H24O5S/c1-17(24)28-29(21-11-5-18(25-2)6-12-21,22-13-7-19(26-3)8-14-22)23-15-9-20(27-4)10-16-23/h5-16H,1-4H3. The first-order valence-corrected chi connectivity index (χ1v) is 10.5. The monoisotopic (exact) mass is 412 g/mol. The van der Waals surface area contributed by atoms with Gasteiger partial charge in [0.2, 0.25) is 0 Å². The highest BCUT2D eigenvalue weighted by atomic mass is 32.3. The topological polar surface area (TPSA) is 54.0 Å². The number of benzene rings is 3. The molecule has 0 spiro atoms. The molecule has 3 aromatic rings. The number of hydrogen-bond acceptors (Lipinski definition) is 5. The van der Waals surface area contributed by atoms with E-state index >= 15 is 0 Å². The van der Waals surface area contributed by atoms with Gasteiger partial charge in [0.1, 0.15) is 17.2 Å². The molecule has 0 radical (unpaired) electrons. The van der Waals surface area contributed by atoms with Crippen molar-refractivity contribution in [2.75, 3.05) is 21.3 Å². The fraction of sp³-hybridized carbons (Fsp3) is 0.174. The third-order valence-corrected chi connectivity index (χ3v) is 7.71. The largest absolute Gasteiger partial charge is 0.497 e. The molecule has 0 saturated heterocycles. The Balaban J connectivity index is 2.28. The van der Waals surface area contributed by atoms with Gasteiger partial charge in [0.05, 0.1) is 21.3 Å². The Hall–Kier alpha value is -3.12. The fourth-order valence-electron chi connectivity index (χ4n) is 3.03. The van der Waals surface area contributed by atoms with Gasteiger partial charge in [-0.2, -0.15) is 0 Å². The number of carbonyl (C=O) groups is 1. The maximum Gasteiger partial charge on any atom is 0.313 e. The number of hydrogen-bond donors (Lipinski definition) is 0. The molecule has 0 amide bonds. The first-order valence-electron chi connectivity index (χ1n) is 8.99. The molecule has 0 bridgehead atoms. The number of carbonyl (C=O) groups excluding carboxylic acids is 1.